The van der Waals surface area contributed by atoms with E-state index in [9.17, 15) is 13.2 Å². The van der Waals surface area contributed by atoms with E-state index < -0.39 is 10.0 Å². The second-order valence-electron chi connectivity index (χ2n) is 5.71. The fraction of sp³-hybridized carbons (Fsp3) is 0.375. The summed E-state index contributed by atoms with van der Waals surface area (Å²) in [5.74, 6) is -0.371. The zero-order chi connectivity index (χ0) is 18.4. The van der Waals surface area contributed by atoms with Crippen LogP contribution in [-0.2, 0) is 26.0 Å². The van der Waals surface area contributed by atoms with E-state index in [2.05, 4.69) is 20.2 Å². The molecule has 1 unspecified atom stereocenters. The van der Waals surface area contributed by atoms with Crippen molar-refractivity contribution in [2.24, 2.45) is 0 Å². The van der Waals surface area contributed by atoms with E-state index in [0.29, 0.717) is 32.1 Å². The molecule has 1 aromatic carbocycles. The van der Waals surface area contributed by atoms with Crippen LogP contribution in [-0.4, -0.2) is 57.0 Å². The lowest BCUT2D eigenvalue weighted by atomic mass is 10.2. The lowest BCUT2D eigenvalue weighted by molar-refractivity contribution is -0.0855. The maximum Gasteiger partial charge on any atom is 0.251 e. The third kappa shape index (κ3) is 4.88. The first-order valence-corrected chi connectivity index (χ1v) is 9.58. The monoisotopic (exact) mass is 380 g/mol. The third-order valence-corrected chi connectivity index (χ3v) is 5.19. The van der Waals surface area contributed by atoms with E-state index in [4.69, 9.17) is 9.47 Å². The maximum atomic E-state index is 12.4. The molecule has 1 aromatic heterocycles. The van der Waals surface area contributed by atoms with Crippen molar-refractivity contribution < 1.29 is 22.7 Å². The Bertz CT molecular complexity index is 832. The molecule has 1 amide bonds. The molecule has 3 N–H and O–H groups in total. The van der Waals surface area contributed by atoms with Crippen molar-refractivity contribution in [2.45, 2.75) is 17.5 Å². The summed E-state index contributed by atoms with van der Waals surface area (Å²) in [6, 6.07) is 7.53. The molecule has 2 heterocycles. The number of hydrogen-bond acceptors (Lipinski definition) is 6. The van der Waals surface area contributed by atoms with Gasteiger partial charge in [0, 0.05) is 18.3 Å². The molecule has 1 aliphatic rings. The Morgan fingerprint density at radius 1 is 1.31 bits per heavy atom. The van der Waals surface area contributed by atoms with Crippen LogP contribution in [0.25, 0.3) is 0 Å². The molecule has 0 aliphatic carbocycles. The average molecular weight is 380 g/mol. The largest absolute Gasteiger partial charge is 0.376 e. The van der Waals surface area contributed by atoms with E-state index in [1.54, 1.807) is 12.1 Å². The highest BCUT2D eigenvalue weighted by Crippen LogP contribution is 2.12. The van der Waals surface area contributed by atoms with Crippen molar-refractivity contribution in [3.63, 3.8) is 0 Å². The molecule has 3 rings (SSSR count). The van der Waals surface area contributed by atoms with E-state index in [-0.39, 0.29) is 29.0 Å². The number of nitrogens with one attached hydrogen (secondary N) is 3. The highest BCUT2D eigenvalue weighted by molar-refractivity contribution is 7.89. The Labute approximate surface area is 151 Å². The van der Waals surface area contributed by atoms with Gasteiger partial charge in [-0.25, -0.2) is 13.1 Å². The summed E-state index contributed by atoms with van der Waals surface area (Å²) in [5, 5.41) is 9.16. The first-order valence-electron chi connectivity index (χ1n) is 8.10. The molecule has 1 atom stereocenters. The molecule has 0 radical (unpaired) electrons. The van der Waals surface area contributed by atoms with Crippen molar-refractivity contribution in [2.75, 3.05) is 26.4 Å². The van der Waals surface area contributed by atoms with Gasteiger partial charge in [-0.2, -0.15) is 5.10 Å². The summed E-state index contributed by atoms with van der Waals surface area (Å²) in [6.07, 6.45) is 1.34. The minimum Gasteiger partial charge on any atom is -0.376 e. The second-order valence-corrected chi connectivity index (χ2v) is 7.48. The fourth-order valence-corrected chi connectivity index (χ4v) is 3.46. The number of rotatable bonds is 7. The number of nitrogens with zero attached hydrogens (tertiary/aromatic N) is 1. The zero-order valence-corrected chi connectivity index (χ0v) is 14.8. The summed E-state index contributed by atoms with van der Waals surface area (Å²) in [7, 11) is -3.75. The van der Waals surface area contributed by atoms with E-state index in [1.165, 1.54) is 24.4 Å². The number of aromatic nitrogens is 2. The highest BCUT2D eigenvalue weighted by Gasteiger charge is 2.18. The Morgan fingerprint density at radius 2 is 2.19 bits per heavy atom. The number of sulfonamides is 1. The van der Waals surface area contributed by atoms with E-state index in [0.717, 1.165) is 0 Å². The molecule has 9 nitrogen and oxygen atoms in total. The Kier molecular flexibility index (Phi) is 5.99. The highest BCUT2D eigenvalue weighted by atomic mass is 32.2. The molecular formula is C16H20N4O5S. The lowest BCUT2D eigenvalue weighted by Gasteiger charge is -2.23. The van der Waals surface area contributed by atoms with Gasteiger partial charge < -0.3 is 14.8 Å². The number of carbonyl (C=O) groups excluding carboxylic acids is 1. The van der Waals surface area contributed by atoms with Crippen molar-refractivity contribution in [3.8, 4) is 0 Å². The van der Waals surface area contributed by atoms with Crippen LogP contribution < -0.4 is 10.0 Å². The SMILES string of the molecule is O=C(NCC1COCCO1)c1cccc(S(=O)(=O)NCc2ccn[nH]2)c1. The van der Waals surface area contributed by atoms with Crippen LogP contribution >= 0.6 is 0 Å². The summed E-state index contributed by atoms with van der Waals surface area (Å²) in [4.78, 5) is 12.3. The van der Waals surface area contributed by atoms with Gasteiger partial charge in [0.1, 0.15) is 0 Å². The van der Waals surface area contributed by atoms with Crippen LogP contribution in [0.3, 0.4) is 0 Å². The van der Waals surface area contributed by atoms with Crippen LogP contribution in [0.15, 0.2) is 41.4 Å². The number of aromatic amines is 1. The molecule has 0 spiro atoms. The molecule has 1 fully saturated rings. The van der Waals surface area contributed by atoms with Crippen LogP contribution in [0.2, 0.25) is 0 Å². The first kappa shape index (κ1) is 18.5. The molecule has 0 bridgehead atoms. The standard InChI is InChI=1S/C16H20N4O5S/c21-16(17-10-14-11-24-6-7-25-14)12-2-1-3-15(8-12)26(22,23)19-9-13-4-5-18-20-13/h1-5,8,14,19H,6-7,9-11H2,(H,17,21)(H,18,20). The first-order chi connectivity index (χ1) is 12.5. The minimum absolute atomic E-state index is 0.0157. The number of benzene rings is 1. The van der Waals surface area contributed by atoms with Gasteiger partial charge >= 0.3 is 0 Å². The molecule has 1 aliphatic heterocycles. The van der Waals surface area contributed by atoms with Gasteiger partial charge in [-0.05, 0) is 24.3 Å². The molecule has 140 valence electrons. The van der Waals surface area contributed by atoms with Crippen molar-refractivity contribution in [1.82, 2.24) is 20.2 Å². The van der Waals surface area contributed by atoms with Crippen molar-refractivity contribution in [1.29, 1.82) is 0 Å². The molecule has 26 heavy (non-hydrogen) atoms. The second kappa shape index (κ2) is 8.41. The third-order valence-electron chi connectivity index (χ3n) is 3.79. The summed E-state index contributed by atoms with van der Waals surface area (Å²) < 4.78 is 38.0. The van der Waals surface area contributed by atoms with E-state index in [1.807, 2.05) is 0 Å². The van der Waals surface area contributed by atoms with Crippen molar-refractivity contribution >= 4 is 15.9 Å². The van der Waals surface area contributed by atoms with Gasteiger partial charge in [0.25, 0.3) is 5.91 Å². The van der Waals surface area contributed by atoms with Gasteiger partial charge in [0.2, 0.25) is 10.0 Å². The number of carbonyl (C=O) groups is 1. The van der Waals surface area contributed by atoms with Gasteiger partial charge in [-0.15, -0.1) is 0 Å². The van der Waals surface area contributed by atoms with Crippen LogP contribution in [0.4, 0.5) is 0 Å². The van der Waals surface area contributed by atoms with Crippen molar-refractivity contribution in [3.05, 3.63) is 47.8 Å². The van der Waals surface area contributed by atoms with Crippen LogP contribution in [0.5, 0.6) is 0 Å². The number of ether oxygens (including phenoxy) is 2. The zero-order valence-electron chi connectivity index (χ0n) is 14.0. The van der Waals surface area contributed by atoms with Gasteiger partial charge in [0.15, 0.2) is 0 Å². The topological polar surface area (TPSA) is 122 Å². The minimum atomic E-state index is -3.75. The summed E-state index contributed by atoms with van der Waals surface area (Å²) in [6.45, 7) is 1.85. The van der Waals surface area contributed by atoms with Gasteiger partial charge in [-0.1, -0.05) is 6.07 Å². The summed E-state index contributed by atoms with van der Waals surface area (Å²) >= 11 is 0. The predicted octanol–water partition coefficient (Wildman–Crippen LogP) is 0.0334. The normalized spacial score (nSPS) is 17.8. The Balaban J connectivity index is 1.61. The Hall–Kier alpha value is -2.27. The van der Waals surface area contributed by atoms with Gasteiger partial charge in [0.05, 0.1) is 43.1 Å². The van der Waals surface area contributed by atoms with Gasteiger partial charge in [-0.3, -0.25) is 9.89 Å². The number of H-pyrrole nitrogens is 1. The maximum absolute atomic E-state index is 12.4. The predicted molar refractivity (Wildman–Crippen MR) is 91.9 cm³/mol. The fourth-order valence-electron chi connectivity index (χ4n) is 2.41. The van der Waals surface area contributed by atoms with Crippen LogP contribution in [0, 0.1) is 0 Å². The lowest BCUT2D eigenvalue weighted by Crippen LogP contribution is -2.39. The molecular weight excluding hydrogens is 360 g/mol. The smallest absolute Gasteiger partial charge is 0.251 e. The molecule has 0 saturated carbocycles. The Morgan fingerprint density at radius 3 is 2.92 bits per heavy atom. The molecule has 2 aromatic rings. The van der Waals surface area contributed by atoms with Crippen LogP contribution in [0.1, 0.15) is 16.1 Å². The average Bonchev–Trinajstić information content (AvgIpc) is 3.19. The summed E-state index contributed by atoms with van der Waals surface area (Å²) in [5.41, 5.74) is 0.892. The number of amides is 1. The van der Waals surface area contributed by atoms with E-state index >= 15 is 0 Å². The quantitative estimate of drug-likeness (QED) is 0.623. The molecule has 1 saturated heterocycles. The number of hydrogen-bond donors (Lipinski definition) is 3. The molecule has 10 heteroatoms.